The van der Waals surface area contributed by atoms with E-state index in [2.05, 4.69) is 30.4 Å². The number of alkyl halides is 3. The quantitative estimate of drug-likeness (QED) is 0.310. The molecule has 0 fully saturated rings. The van der Waals surface area contributed by atoms with Crippen molar-refractivity contribution >= 4 is 23.3 Å². The van der Waals surface area contributed by atoms with Gasteiger partial charge in [-0.2, -0.15) is 5.10 Å². The third-order valence-electron chi connectivity index (χ3n) is 5.37. The van der Waals surface area contributed by atoms with Crippen molar-refractivity contribution in [3.8, 4) is 17.0 Å². The lowest BCUT2D eigenvalue weighted by molar-refractivity contribution is -0.274. The molecular weight excluding hydrogens is 512 g/mol. The van der Waals surface area contributed by atoms with E-state index >= 15 is 0 Å². The number of aliphatic hydroxyl groups excluding tert-OH is 1. The first kappa shape index (κ1) is 26.5. The highest BCUT2D eigenvalue weighted by Gasteiger charge is 2.31. The van der Waals surface area contributed by atoms with Crippen molar-refractivity contribution < 1.29 is 37.0 Å². The first-order chi connectivity index (χ1) is 17.9. The number of hydrogen-bond donors (Lipinski definition) is 3. The smallest absolute Gasteiger partial charge is 0.406 e. The number of aromatic nitrogens is 4. The van der Waals surface area contributed by atoms with Crippen molar-refractivity contribution in [1.29, 1.82) is 0 Å². The molecule has 3 aromatic heterocycles. The molecule has 0 bridgehead atoms. The van der Waals surface area contributed by atoms with Crippen molar-refractivity contribution in [3.05, 3.63) is 71.4 Å². The Balaban J connectivity index is 1.57. The van der Waals surface area contributed by atoms with E-state index in [-0.39, 0.29) is 16.9 Å². The highest BCUT2D eigenvalue weighted by molar-refractivity contribution is 5.96. The Morgan fingerprint density at radius 2 is 1.95 bits per heavy atom. The van der Waals surface area contributed by atoms with Gasteiger partial charge in [0.15, 0.2) is 11.5 Å². The molecule has 1 unspecified atom stereocenters. The summed E-state index contributed by atoms with van der Waals surface area (Å²) in [6.45, 7) is 2.30. The number of nitrogens with one attached hydrogen (secondary N) is 2. The van der Waals surface area contributed by atoms with Crippen molar-refractivity contribution in [2.75, 3.05) is 11.9 Å². The van der Waals surface area contributed by atoms with Gasteiger partial charge in [-0.3, -0.25) is 14.6 Å². The van der Waals surface area contributed by atoms with Crippen LogP contribution in [-0.4, -0.2) is 49.5 Å². The highest BCUT2D eigenvalue weighted by atomic mass is 19.4. The molecule has 1 atom stereocenters. The first-order valence-electron chi connectivity index (χ1n) is 11.0. The molecule has 10 nitrogen and oxygen atoms in total. The Bertz CT molecular complexity index is 1520. The Kier molecular flexibility index (Phi) is 7.26. The lowest BCUT2D eigenvalue weighted by Crippen LogP contribution is -2.28. The Morgan fingerprint density at radius 3 is 2.66 bits per heavy atom. The molecule has 2 amide bonds. The van der Waals surface area contributed by atoms with E-state index in [1.165, 1.54) is 29.9 Å². The van der Waals surface area contributed by atoms with Gasteiger partial charge in [-0.25, -0.2) is 13.9 Å². The molecule has 3 heterocycles. The van der Waals surface area contributed by atoms with Crippen molar-refractivity contribution in [3.63, 3.8) is 0 Å². The molecule has 4 rings (SSSR count). The summed E-state index contributed by atoms with van der Waals surface area (Å²) in [6.07, 6.45) is -2.02. The van der Waals surface area contributed by atoms with Crippen LogP contribution in [-0.2, 0) is 4.79 Å². The first-order valence-corrected chi connectivity index (χ1v) is 11.0. The number of fused-ring (bicyclic) bond motifs is 1. The standard InChI is InChI=1S/C24H20F4N6O4/c1-12-17(23(37)30-13(2)16-8-15(3-4-18(16)25)38-24(26,27)28)7-14(9-29-12)19-5-6-21-31-20(10-34(21)33-19)32-22(36)11-35/h3-10,13,35H,11H2,1-2H3,(H,30,37)(H,32,36). The van der Waals surface area contributed by atoms with E-state index in [1.807, 2.05) is 0 Å². The van der Waals surface area contributed by atoms with Gasteiger partial charge in [0.25, 0.3) is 11.8 Å². The average Bonchev–Trinajstić information content (AvgIpc) is 3.25. The number of amides is 2. The minimum atomic E-state index is -4.95. The van der Waals surface area contributed by atoms with Crippen LogP contribution >= 0.6 is 0 Å². The predicted octanol–water partition coefficient (Wildman–Crippen LogP) is 3.56. The summed E-state index contributed by atoms with van der Waals surface area (Å²) >= 11 is 0. The fourth-order valence-corrected chi connectivity index (χ4v) is 3.58. The van der Waals surface area contributed by atoms with Crippen LogP contribution in [0, 0.1) is 12.7 Å². The molecule has 1 aromatic carbocycles. The van der Waals surface area contributed by atoms with Gasteiger partial charge in [-0.15, -0.1) is 13.2 Å². The third-order valence-corrected chi connectivity index (χ3v) is 5.37. The number of rotatable bonds is 7. The maximum atomic E-state index is 14.3. The number of pyridine rings is 1. The zero-order chi connectivity index (χ0) is 27.6. The summed E-state index contributed by atoms with van der Waals surface area (Å²) in [5.74, 6) is -2.52. The van der Waals surface area contributed by atoms with Crippen molar-refractivity contribution in [1.82, 2.24) is 24.9 Å². The van der Waals surface area contributed by atoms with E-state index in [0.717, 1.165) is 18.2 Å². The van der Waals surface area contributed by atoms with Crippen LogP contribution in [0.2, 0.25) is 0 Å². The number of aliphatic hydroxyl groups is 1. The minimum absolute atomic E-state index is 0.140. The molecule has 0 spiro atoms. The average molecular weight is 532 g/mol. The summed E-state index contributed by atoms with van der Waals surface area (Å²) in [5.41, 5.74) is 1.57. The summed E-state index contributed by atoms with van der Waals surface area (Å²) in [7, 11) is 0. The maximum Gasteiger partial charge on any atom is 0.573 e. The largest absolute Gasteiger partial charge is 0.573 e. The summed E-state index contributed by atoms with van der Waals surface area (Å²) in [4.78, 5) is 32.8. The second-order valence-electron chi connectivity index (χ2n) is 8.14. The summed E-state index contributed by atoms with van der Waals surface area (Å²) in [6, 6.07) is 6.29. The molecule has 0 saturated heterocycles. The minimum Gasteiger partial charge on any atom is -0.406 e. The molecule has 3 N–H and O–H groups in total. The number of benzene rings is 1. The lowest BCUT2D eigenvalue weighted by Gasteiger charge is -2.18. The van der Waals surface area contributed by atoms with Gasteiger partial charge in [0.1, 0.15) is 18.2 Å². The number of ether oxygens (including phenoxy) is 1. The van der Waals surface area contributed by atoms with Crippen molar-refractivity contribution in [2.45, 2.75) is 26.3 Å². The molecule has 0 aliphatic rings. The number of aryl methyl sites for hydroxylation is 1. The zero-order valence-electron chi connectivity index (χ0n) is 19.9. The fraction of sp³-hybridized carbons (Fsp3) is 0.208. The Labute approximate surface area is 212 Å². The number of carbonyl (C=O) groups is 2. The zero-order valence-corrected chi connectivity index (χ0v) is 19.9. The van der Waals surface area contributed by atoms with Crippen LogP contribution < -0.4 is 15.4 Å². The monoisotopic (exact) mass is 532 g/mol. The molecule has 38 heavy (non-hydrogen) atoms. The van der Waals surface area contributed by atoms with E-state index in [9.17, 15) is 27.2 Å². The highest BCUT2D eigenvalue weighted by Crippen LogP contribution is 2.28. The van der Waals surface area contributed by atoms with Crippen molar-refractivity contribution in [2.24, 2.45) is 0 Å². The fourth-order valence-electron chi connectivity index (χ4n) is 3.58. The van der Waals surface area contributed by atoms with E-state index < -0.39 is 42.4 Å². The van der Waals surface area contributed by atoms with Crippen LogP contribution in [0.1, 0.15) is 34.6 Å². The lowest BCUT2D eigenvalue weighted by atomic mass is 10.0. The van der Waals surface area contributed by atoms with Gasteiger partial charge < -0.3 is 20.5 Å². The summed E-state index contributed by atoms with van der Waals surface area (Å²) in [5, 5.41) is 18.3. The molecule has 0 saturated carbocycles. The van der Waals surface area contributed by atoms with Gasteiger partial charge >= 0.3 is 6.36 Å². The second-order valence-corrected chi connectivity index (χ2v) is 8.14. The molecule has 0 aliphatic carbocycles. The third kappa shape index (κ3) is 6.03. The number of imidazole rings is 1. The Morgan fingerprint density at radius 1 is 1.18 bits per heavy atom. The number of carbonyl (C=O) groups excluding carboxylic acids is 2. The second kappa shape index (κ2) is 10.4. The predicted molar refractivity (Wildman–Crippen MR) is 126 cm³/mol. The molecule has 0 radical (unpaired) electrons. The van der Waals surface area contributed by atoms with Gasteiger partial charge in [0, 0.05) is 17.3 Å². The number of nitrogens with zero attached hydrogens (tertiary/aromatic N) is 4. The number of hydrogen-bond acceptors (Lipinski definition) is 7. The topological polar surface area (TPSA) is 131 Å². The molecule has 0 aliphatic heterocycles. The Hall–Kier alpha value is -4.59. The van der Waals surface area contributed by atoms with E-state index in [4.69, 9.17) is 5.11 Å². The molecule has 198 valence electrons. The maximum absolute atomic E-state index is 14.3. The van der Waals surface area contributed by atoms with Crippen LogP contribution in [0.3, 0.4) is 0 Å². The van der Waals surface area contributed by atoms with Gasteiger partial charge in [0.2, 0.25) is 0 Å². The SMILES string of the molecule is Cc1ncc(-c2ccc3nc(NC(=O)CO)cn3n2)cc1C(=O)NC(C)c1cc(OC(F)(F)F)ccc1F. The van der Waals surface area contributed by atoms with Gasteiger partial charge in [-0.05, 0) is 50.2 Å². The van der Waals surface area contributed by atoms with Crippen LogP contribution in [0.15, 0.2) is 48.8 Å². The van der Waals surface area contributed by atoms with E-state index in [1.54, 1.807) is 19.1 Å². The van der Waals surface area contributed by atoms with E-state index in [0.29, 0.717) is 22.6 Å². The normalized spacial score (nSPS) is 12.3. The molecule has 4 aromatic rings. The summed E-state index contributed by atoms with van der Waals surface area (Å²) < 4.78 is 57.2. The number of halogens is 4. The van der Waals surface area contributed by atoms with Crippen LogP contribution in [0.5, 0.6) is 5.75 Å². The van der Waals surface area contributed by atoms with Crippen LogP contribution in [0.4, 0.5) is 23.4 Å². The van der Waals surface area contributed by atoms with Gasteiger partial charge in [-0.1, -0.05) is 0 Å². The molecule has 14 heteroatoms. The molecular formula is C24H20F4N6O4. The van der Waals surface area contributed by atoms with Crippen LogP contribution in [0.25, 0.3) is 16.9 Å². The van der Waals surface area contributed by atoms with Gasteiger partial charge in [0.05, 0.1) is 29.2 Å². The number of anilines is 1.